The molecule has 226 valence electrons. The minimum atomic E-state index is -0.469. The molecule has 0 aliphatic carbocycles. The maximum absolute atomic E-state index is 13.4. The lowest BCUT2D eigenvalue weighted by Gasteiger charge is -2.15. The summed E-state index contributed by atoms with van der Waals surface area (Å²) in [5, 5.41) is 8.84. The van der Waals surface area contributed by atoms with Crippen molar-refractivity contribution in [2.45, 2.75) is 30.4 Å². The smallest absolute Gasteiger partial charge is 0.272 e. The Morgan fingerprint density at radius 1 is 0.844 bits per heavy atom. The van der Waals surface area contributed by atoms with Gasteiger partial charge in [0, 0.05) is 26.6 Å². The Kier molecular flexibility index (Phi) is 10.6. The highest BCUT2D eigenvalue weighted by molar-refractivity contribution is 8.00. The number of rotatable bonds is 11. The van der Waals surface area contributed by atoms with Crippen LogP contribution in [0.15, 0.2) is 126 Å². The number of aromatic nitrogens is 1. The maximum atomic E-state index is 13.4. The molecule has 9 heteroatoms. The number of amides is 3. The van der Waals surface area contributed by atoms with E-state index in [1.54, 1.807) is 36.4 Å². The standard InChI is InChI=1S/C36H32N4O3S2/c1-3-31(35(43)40-36-39-32(24(2)44-36)26-16-9-5-10-17-26)45-29-21-13-20-28(23-29)37-34(42)30(22-25-14-7-4-8-15-25)38-33(41)27-18-11-6-12-19-27/h4-23,31H,3H2,1-2H3,(H,37,42)(H,38,41)(H,39,40,43)/b30-22-. The van der Waals surface area contributed by atoms with E-state index in [-0.39, 0.29) is 22.8 Å². The Morgan fingerprint density at radius 3 is 2.20 bits per heavy atom. The van der Waals surface area contributed by atoms with Crippen molar-refractivity contribution in [3.05, 3.63) is 137 Å². The molecule has 7 nitrogen and oxygen atoms in total. The van der Waals surface area contributed by atoms with Crippen molar-refractivity contribution in [1.82, 2.24) is 10.3 Å². The van der Waals surface area contributed by atoms with Crippen LogP contribution in [0.1, 0.15) is 34.1 Å². The highest BCUT2D eigenvalue weighted by atomic mass is 32.2. The van der Waals surface area contributed by atoms with E-state index < -0.39 is 5.91 Å². The summed E-state index contributed by atoms with van der Waals surface area (Å²) in [5.41, 5.74) is 3.72. The summed E-state index contributed by atoms with van der Waals surface area (Å²) in [6.07, 6.45) is 2.23. The molecule has 0 bridgehead atoms. The first-order valence-electron chi connectivity index (χ1n) is 14.4. The van der Waals surface area contributed by atoms with Crippen LogP contribution in [-0.2, 0) is 9.59 Å². The normalized spacial score (nSPS) is 11.8. The van der Waals surface area contributed by atoms with Crippen molar-refractivity contribution in [1.29, 1.82) is 0 Å². The van der Waals surface area contributed by atoms with E-state index in [0.717, 1.165) is 26.6 Å². The molecule has 1 atom stereocenters. The largest absolute Gasteiger partial charge is 0.321 e. The number of benzene rings is 4. The fourth-order valence-corrected chi connectivity index (χ4v) is 6.34. The molecule has 0 saturated heterocycles. The Morgan fingerprint density at radius 2 is 1.51 bits per heavy atom. The van der Waals surface area contributed by atoms with E-state index in [1.807, 2.05) is 98.8 Å². The van der Waals surface area contributed by atoms with Gasteiger partial charge in [0.05, 0.1) is 10.9 Å². The van der Waals surface area contributed by atoms with Gasteiger partial charge in [0.25, 0.3) is 11.8 Å². The SMILES string of the molecule is CCC(Sc1cccc(NC(=O)/C(=C/c2ccccc2)NC(=O)c2ccccc2)c1)C(=O)Nc1nc(-c2ccccc2)c(C)s1. The molecule has 1 unspecified atom stereocenters. The molecular weight excluding hydrogens is 601 g/mol. The average Bonchev–Trinajstić information content (AvgIpc) is 3.44. The number of thioether (sulfide) groups is 1. The lowest BCUT2D eigenvalue weighted by molar-refractivity contribution is -0.116. The van der Waals surface area contributed by atoms with Crippen LogP contribution in [0.25, 0.3) is 17.3 Å². The molecule has 5 rings (SSSR count). The molecular formula is C36H32N4O3S2. The monoisotopic (exact) mass is 632 g/mol. The zero-order chi connectivity index (χ0) is 31.6. The first-order valence-corrected chi connectivity index (χ1v) is 16.1. The van der Waals surface area contributed by atoms with Crippen LogP contribution in [-0.4, -0.2) is 28.0 Å². The molecule has 0 aliphatic rings. The lowest BCUT2D eigenvalue weighted by atomic mass is 10.1. The molecule has 0 radical (unpaired) electrons. The van der Waals surface area contributed by atoms with E-state index in [2.05, 4.69) is 20.9 Å². The Bertz CT molecular complexity index is 1810. The summed E-state index contributed by atoms with van der Waals surface area (Å²) < 4.78 is 0. The molecule has 4 aromatic carbocycles. The van der Waals surface area contributed by atoms with Crippen LogP contribution in [0.4, 0.5) is 10.8 Å². The molecule has 1 heterocycles. The molecule has 0 spiro atoms. The van der Waals surface area contributed by atoms with E-state index in [1.165, 1.54) is 23.1 Å². The van der Waals surface area contributed by atoms with Gasteiger partial charge in [0.2, 0.25) is 5.91 Å². The van der Waals surface area contributed by atoms with Crippen molar-refractivity contribution in [3.8, 4) is 11.3 Å². The maximum Gasteiger partial charge on any atom is 0.272 e. The third kappa shape index (κ3) is 8.56. The lowest BCUT2D eigenvalue weighted by Crippen LogP contribution is -2.30. The fraction of sp³-hybridized carbons (Fsp3) is 0.111. The second-order valence-corrected chi connectivity index (χ2v) is 12.5. The van der Waals surface area contributed by atoms with Crippen molar-refractivity contribution < 1.29 is 14.4 Å². The molecule has 3 N–H and O–H groups in total. The summed E-state index contributed by atoms with van der Waals surface area (Å²) in [5.74, 6) is -0.995. The van der Waals surface area contributed by atoms with E-state index in [0.29, 0.717) is 22.8 Å². The zero-order valence-electron chi connectivity index (χ0n) is 24.8. The van der Waals surface area contributed by atoms with E-state index in [4.69, 9.17) is 0 Å². The summed E-state index contributed by atoms with van der Waals surface area (Å²) in [6.45, 7) is 3.95. The third-order valence-corrected chi connectivity index (χ3v) is 8.99. The molecule has 3 amide bonds. The van der Waals surface area contributed by atoms with Gasteiger partial charge in [0.15, 0.2) is 5.13 Å². The topological polar surface area (TPSA) is 100 Å². The van der Waals surface area contributed by atoms with Crippen LogP contribution < -0.4 is 16.0 Å². The van der Waals surface area contributed by atoms with Crippen LogP contribution in [0, 0.1) is 6.92 Å². The van der Waals surface area contributed by atoms with Gasteiger partial charge < -0.3 is 16.0 Å². The second kappa shape index (κ2) is 15.1. The average molecular weight is 633 g/mol. The van der Waals surface area contributed by atoms with Crippen molar-refractivity contribution >= 4 is 57.7 Å². The van der Waals surface area contributed by atoms with Gasteiger partial charge in [-0.1, -0.05) is 91.9 Å². The highest BCUT2D eigenvalue weighted by Gasteiger charge is 2.21. The highest BCUT2D eigenvalue weighted by Crippen LogP contribution is 2.32. The van der Waals surface area contributed by atoms with Crippen LogP contribution >= 0.6 is 23.1 Å². The summed E-state index contributed by atoms with van der Waals surface area (Å²) in [6, 6.07) is 35.2. The van der Waals surface area contributed by atoms with Gasteiger partial charge >= 0.3 is 0 Å². The van der Waals surface area contributed by atoms with Gasteiger partial charge in [-0.2, -0.15) is 0 Å². The number of carbonyl (C=O) groups is 3. The third-order valence-electron chi connectivity index (χ3n) is 6.75. The van der Waals surface area contributed by atoms with Gasteiger partial charge in [-0.15, -0.1) is 23.1 Å². The first-order chi connectivity index (χ1) is 21.9. The van der Waals surface area contributed by atoms with Crippen molar-refractivity contribution in [3.63, 3.8) is 0 Å². The Hall–Kier alpha value is -4.99. The predicted molar refractivity (Wildman–Crippen MR) is 184 cm³/mol. The summed E-state index contributed by atoms with van der Waals surface area (Å²) in [7, 11) is 0. The number of hydrogen-bond acceptors (Lipinski definition) is 6. The summed E-state index contributed by atoms with van der Waals surface area (Å²) in [4.78, 5) is 46.2. The number of hydrogen-bond donors (Lipinski definition) is 3. The number of nitrogens with one attached hydrogen (secondary N) is 3. The van der Waals surface area contributed by atoms with Crippen LogP contribution in [0.3, 0.4) is 0 Å². The van der Waals surface area contributed by atoms with Gasteiger partial charge in [-0.05, 0) is 55.3 Å². The molecule has 5 aromatic rings. The molecule has 0 aliphatic heterocycles. The number of anilines is 2. The molecule has 0 saturated carbocycles. The molecule has 45 heavy (non-hydrogen) atoms. The first kappa shape index (κ1) is 31.4. The fourth-order valence-electron chi connectivity index (χ4n) is 4.49. The van der Waals surface area contributed by atoms with E-state index >= 15 is 0 Å². The molecule has 1 aromatic heterocycles. The second-order valence-electron chi connectivity index (χ2n) is 10.1. The van der Waals surface area contributed by atoms with Gasteiger partial charge in [-0.25, -0.2) is 4.98 Å². The number of aryl methyl sites for hydroxylation is 1. The molecule has 0 fully saturated rings. The van der Waals surface area contributed by atoms with Crippen LogP contribution in [0.5, 0.6) is 0 Å². The Balaban J connectivity index is 1.27. The zero-order valence-corrected chi connectivity index (χ0v) is 26.5. The minimum Gasteiger partial charge on any atom is -0.321 e. The number of thiazole rings is 1. The number of carbonyl (C=O) groups excluding carboxylic acids is 3. The van der Waals surface area contributed by atoms with Crippen molar-refractivity contribution in [2.75, 3.05) is 10.6 Å². The van der Waals surface area contributed by atoms with Crippen LogP contribution in [0.2, 0.25) is 0 Å². The van der Waals surface area contributed by atoms with Gasteiger partial charge in [-0.3, -0.25) is 14.4 Å². The van der Waals surface area contributed by atoms with Gasteiger partial charge in [0.1, 0.15) is 5.70 Å². The van der Waals surface area contributed by atoms with E-state index in [9.17, 15) is 14.4 Å². The van der Waals surface area contributed by atoms with Crippen molar-refractivity contribution in [2.24, 2.45) is 0 Å². The summed E-state index contributed by atoms with van der Waals surface area (Å²) >= 11 is 2.86. The number of nitrogens with zero attached hydrogens (tertiary/aromatic N) is 1. The predicted octanol–water partition coefficient (Wildman–Crippen LogP) is 8.04. The Labute approximate surface area is 270 Å². The minimum absolute atomic E-state index is 0.104. The quantitative estimate of drug-likeness (QED) is 0.101.